The summed E-state index contributed by atoms with van der Waals surface area (Å²) in [7, 11) is -7.92. The normalized spacial score (nSPS) is 14.9. The van der Waals surface area contributed by atoms with Gasteiger partial charge < -0.3 is 15.0 Å². The Labute approximate surface area is 186 Å². The predicted molar refractivity (Wildman–Crippen MR) is 124 cm³/mol. The van der Waals surface area contributed by atoms with E-state index in [1.165, 1.54) is 29.0 Å². The third-order valence-corrected chi connectivity index (χ3v) is 6.63. The van der Waals surface area contributed by atoms with E-state index in [0.717, 1.165) is 12.3 Å². The summed E-state index contributed by atoms with van der Waals surface area (Å²) in [6.07, 6.45) is 4.46. The van der Waals surface area contributed by atoms with Crippen LogP contribution in [0.3, 0.4) is 0 Å². The smallest absolute Gasteiger partial charge is 0.286 e. The second-order valence-electron chi connectivity index (χ2n) is 7.82. The third-order valence-electron chi connectivity index (χ3n) is 4.71. The van der Waals surface area contributed by atoms with Gasteiger partial charge in [0.1, 0.15) is 16.2 Å². The van der Waals surface area contributed by atoms with Crippen LogP contribution in [0.2, 0.25) is 0 Å². The number of aromatic hydroxyl groups is 1. The van der Waals surface area contributed by atoms with Crippen LogP contribution in [0, 0.1) is 5.92 Å². The molecule has 2 aromatic rings. The molecule has 0 saturated carbocycles. The summed E-state index contributed by atoms with van der Waals surface area (Å²) in [6, 6.07) is 3.84. The number of pyridine rings is 1. The summed E-state index contributed by atoms with van der Waals surface area (Å²) in [5.41, 5.74) is -0.509. The number of benzene rings is 1. The fourth-order valence-corrected chi connectivity index (χ4v) is 4.85. The maximum Gasteiger partial charge on any atom is 0.286 e. The molecule has 3 N–H and O–H groups in total. The molecule has 0 spiro atoms. The van der Waals surface area contributed by atoms with Gasteiger partial charge in [0, 0.05) is 24.0 Å². The predicted octanol–water partition coefficient (Wildman–Crippen LogP) is 2.18. The van der Waals surface area contributed by atoms with Crippen molar-refractivity contribution in [2.45, 2.75) is 31.7 Å². The first kappa shape index (κ1) is 23.5. The van der Waals surface area contributed by atoms with Crippen molar-refractivity contribution in [3.05, 3.63) is 52.5 Å². The molecule has 1 aromatic carbocycles. The van der Waals surface area contributed by atoms with Gasteiger partial charge in [0.05, 0.1) is 11.9 Å². The number of aryl methyl sites for hydroxylation is 1. The highest BCUT2D eigenvalue weighted by molar-refractivity contribution is 7.92. The van der Waals surface area contributed by atoms with E-state index in [9.17, 15) is 26.7 Å². The lowest BCUT2D eigenvalue weighted by Gasteiger charge is -2.21. The Bertz CT molecular complexity index is 1390. The monoisotopic (exact) mass is 480 g/mol. The maximum absolute atomic E-state index is 13.1. The van der Waals surface area contributed by atoms with Gasteiger partial charge >= 0.3 is 0 Å². The van der Waals surface area contributed by atoms with E-state index in [1.54, 1.807) is 0 Å². The molecule has 1 aliphatic rings. The molecule has 0 atom stereocenters. The minimum absolute atomic E-state index is 0.0443. The topological polar surface area (TPSA) is 147 Å². The van der Waals surface area contributed by atoms with Gasteiger partial charge in [-0.2, -0.15) is 8.42 Å². The zero-order valence-electron chi connectivity index (χ0n) is 17.8. The molecular formula is C20H24N4O6S2. The molecule has 32 heavy (non-hydrogen) atoms. The van der Waals surface area contributed by atoms with Gasteiger partial charge in [-0.05, 0) is 30.5 Å². The Balaban J connectivity index is 2.14. The summed E-state index contributed by atoms with van der Waals surface area (Å²) < 4.78 is 55.9. The Morgan fingerprint density at radius 3 is 2.62 bits per heavy atom. The van der Waals surface area contributed by atoms with Crippen molar-refractivity contribution in [1.29, 1.82) is 0 Å². The summed E-state index contributed by atoms with van der Waals surface area (Å²) in [6.45, 7) is 8.01. The van der Waals surface area contributed by atoms with Gasteiger partial charge in [0.25, 0.3) is 15.6 Å². The Hall–Kier alpha value is -3.12. The molecular weight excluding hydrogens is 456 g/mol. The lowest BCUT2D eigenvalue weighted by atomic mass is 10.1. The Morgan fingerprint density at radius 2 is 2.03 bits per heavy atom. The van der Waals surface area contributed by atoms with Gasteiger partial charge in [-0.25, -0.2) is 8.42 Å². The number of nitrogens with one attached hydrogen (secondary N) is 2. The van der Waals surface area contributed by atoms with Gasteiger partial charge in [-0.15, -0.1) is 4.40 Å². The quantitative estimate of drug-likeness (QED) is 0.550. The number of anilines is 2. The van der Waals surface area contributed by atoms with Crippen LogP contribution in [0.5, 0.6) is 5.75 Å². The Kier molecular flexibility index (Phi) is 6.20. The van der Waals surface area contributed by atoms with Crippen molar-refractivity contribution in [1.82, 2.24) is 4.57 Å². The van der Waals surface area contributed by atoms with Crippen molar-refractivity contribution >= 4 is 43.3 Å². The maximum atomic E-state index is 13.1. The number of hydrogen-bond donors (Lipinski definition) is 3. The van der Waals surface area contributed by atoms with Gasteiger partial charge in [-0.1, -0.05) is 26.5 Å². The average molecular weight is 481 g/mol. The van der Waals surface area contributed by atoms with Crippen molar-refractivity contribution in [2.24, 2.45) is 10.3 Å². The highest BCUT2D eigenvalue weighted by atomic mass is 32.2. The van der Waals surface area contributed by atoms with Crippen LogP contribution in [0.25, 0.3) is 6.08 Å². The number of fused-ring (bicyclic) bond motifs is 1. The van der Waals surface area contributed by atoms with Crippen molar-refractivity contribution in [3.63, 3.8) is 0 Å². The standard InChI is InChI=1S/C20H24N4O6S2/c1-5-13-11-24(9-8-12(2)3)20(26)17(18(13)25)19-21-15-7-6-14(22-31(4,27)28)10-16(15)32(29,30)23-19/h5-7,10-12,22,25H,1,8-9H2,2-4H3,(H,21,23). The molecule has 10 nitrogen and oxygen atoms in total. The van der Waals surface area contributed by atoms with Crippen molar-refractivity contribution < 1.29 is 21.9 Å². The second kappa shape index (κ2) is 8.43. The molecule has 3 rings (SSSR count). The van der Waals surface area contributed by atoms with E-state index >= 15 is 0 Å². The van der Waals surface area contributed by atoms with Crippen LogP contribution >= 0.6 is 0 Å². The van der Waals surface area contributed by atoms with E-state index in [-0.39, 0.29) is 33.2 Å². The van der Waals surface area contributed by atoms with E-state index < -0.39 is 31.4 Å². The summed E-state index contributed by atoms with van der Waals surface area (Å²) in [5.74, 6) is -0.449. The summed E-state index contributed by atoms with van der Waals surface area (Å²) in [5, 5.41) is 13.4. The van der Waals surface area contributed by atoms with Crippen LogP contribution < -0.4 is 15.6 Å². The third kappa shape index (κ3) is 4.86. The molecule has 0 saturated heterocycles. The summed E-state index contributed by atoms with van der Waals surface area (Å²) in [4.78, 5) is 12.8. The van der Waals surface area contributed by atoms with Crippen LogP contribution in [-0.2, 0) is 26.6 Å². The molecule has 0 fully saturated rings. The highest BCUT2D eigenvalue weighted by Gasteiger charge is 2.30. The average Bonchev–Trinajstić information content (AvgIpc) is 2.66. The van der Waals surface area contributed by atoms with E-state index in [0.29, 0.717) is 18.9 Å². The van der Waals surface area contributed by atoms with E-state index in [1.807, 2.05) is 13.8 Å². The first-order valence-corrected chi connectivity index (χ1v) is 13.0. The molecule has 1 aromatic heterocycles. The first-order chi connectivity index (χ1) is 14.8. The van der Waals surface area contributed by atoms with Crippen LogP contribution in [-0.4, -0.2) is 38.6 Å². The Morgan fingerprint density at radius 1 is 1.34 bits per heavy atom. The van der Waals surface area contributed by atoms with E-state index in [2.05, 4.69) is 21.0 Å². The molecule has 172 valence electrons. The number of amidine groups is 1. The number of sulfonamides is 2. The van der Waals surface area contributed by atoms with Crippen LogP contribution in [0.15, 0.2) is 45.1 Å². The molecule has 0 radical (unpaired) electrons. The number of nitrogens with zero attached hydrogens (tertiary/aromatic N) is 2. The largest absolute Gasteiger partial charge is 0.506 e. The van der Waals surface area contributed by atoms with Gasteiger partial charge in [0.15, 0.2) is 5.84 Å². The molecule has 12 heteroatoms. The zero-order chi connectivity index (χ0) is 23.8. The fourth-order valence-electron chi connectivity index (χ4n) is 3.15. The van der Waals surface area contributed by atoms with Gasteiger partial charge in [0.2, 0.25) is 10.0 Å². The molecule has 2 heterocycles. The van der Waals surface area contributed by atoms with Crippen molar-refractivity contribution in [2.75, 3.05) is 16.3 Å². The SMILES string of the molecule is C=Cc1cn(CCC(C)C)c(=O)c(C2=NS(=O)(=O)c3cc(NS(C)(=O)=O)ccc3N2)c1O. The molecule has 0 aliphatic carbocycles. The van der Waals surface area contributed by atoms with Crippen molar-refractivity contribution in [3.8, 4) is 5.75 Å². The molecule has 0 amide bonds. The van der Waals surface area contributed by atoms with Crippen LogP contribution in [0.1, 0.15) is 31.4 Å². The molecule has 0 unspecified atom stereocenters. The minimum atomic E-state index is -4.30. The number of rotatable bonds is 7. The lowest BCUT2D eigenvalue weighted by Crippen LogP contribution is -2.33. The molecule has 0 bridgehead atoms. The van der Waals surface area contributed by atoms with E-state index in [4.69, 9.17) is 0 Å². The first-order valence-electron chi connectivity index (χ1n) is 9.65. The minimum Gasteiger partial charge on any atom is -0.506 e. The number of aromatic nitrogens is 1. The summed E-state index contributed by atoms with van der Waals surface area (Å²) >= 11 is 0. The number of hydrogen-bond acceptors (Lipinski definition) is 7. The lowest BCUT2D eigenvalue weighted by molar-refractivity contribution is 0.462. The van der Waals surface area contributed by atoms with Crippen LogP contribution in [0.4, 0.5) is 11.4 Å². The highest BCUT2D eigenvalue weighted by Crippen LogP contribution is 2.33. The molecule has 1 aliphatic heterocycles. The zero-order valence-corrected chi connectivity index (χ0v) is 19.4. The van der Waals surface area contributed by atoms with Gasteiger partial charge in [-0.3, -0.25) is 9.52 Å². The fraction of sp³-hybridized carbons (Fsp3) is 0.300. The second-order valence-corrected chi connectivity index (χ2v) is 11.1.